The highest BCUT2D eigenvalue weighted by molar-refractivity contribution is 9.11. The van der Waals surface area contributed by atoms with Crippen LogP contribution in [0.15, 0.2) is 91.0 Å². The number of halogens is 1. The quantitative estimate of drug-likeness (QED) is 0.444. The molecule has 3 rings (SSSR count). The number of hydrogen-bond acceptors (Lipinski definition) is 2. The van der Waals surface area contributed by atoms with Crippen molar-refractivity contribution in [3.05, 3.63) is 91.0 Å². The Balaban J connectivity index is 0.000000596. The third-order valence-electron chi connectivity index (χ3n) is 4.25. The minimum absolute atomic E-state index is 0.419. The van der Waals surface area contributed by atoms with Gasteiger partial charge < -0.3 is 9.90 Å². The fourth-order valence-electron chi connectivity index (χ4n) is 3.20. The molecule has 0 fully saturated rings. The van der Waals surface area contributed by atoms with Crippen LogP contribution in [-0.4, -0.2) is 10.5 Å². The van der Waals surface area contributed by atoms with Crippen LogP contribution in [0.1, 0.15) is 20.3 Å². The van der Waals surface area contributed by atoms with E-state index in [1.807, 2.05) is 0 Å². The molecule has 3 aromatic carbocycles. The molecule has 140 valence electrons. The van der Waals surface area contributed by atoms with E-state index in [-0.39, 0.29) is 0 Å². The number of rotatable bonds is 5. The van der Waals surface area contributed by atoms with Crippen molar-refractivity contribution in [1.29, 1.82) is 0 Å². The maximum atomic E-state index is 8.89. The Kier molecular flexibility index (Phi) is 8.22. The summed E-state index contributed by atoms with van der Waals surface area (Å²) >= 11 is 4.06. The van der Waals surface area contributed by atoms with Crippen molar-refractivity contribution < 1.29 is 9.90 Å². The van der Waals surface area contributed by atoms with Gasteiger partial charge in [0.1, 0.15) is 27.7 Å². The van der Waals surface area contributed by atoms with E-state index in [2.05, 4.69) is 114 Å². The molecular formula is C23H24BrO2P. The van der Waals surface area contributed by atoms with Gasteiger partial charge in [-0.3, -0.25) is 0 Å². The predicted octanol–water partition coefficient (Wildman–Crippen LogP) is 3.87. The zero-order chi connectivity index (χ0) is 19.7. The van der Waals surface area contributed by atoms with E-state index in [1.165, 1.54) is 15.9 Å². The largest absolute Gasteiger partial charge is 0.550 e. The Labute approximate surface area is 170 Å². The Morgan fingerprint density at radius 3 is 1.30 bits per heavy atom. The molecule has 0 aliphatic carbocycles. The van der Waals surface area contributed by atoms with Gasteiger partial charge in [-0.05, 0) is 65.7 Å². The zero-order valence-electron chi connectivity index (χ0n) is 15.6. The molecule has 0 N–H and O–H groups in total. The molecule has 0 aliphatic rings. The summed E-state index contributed by atoms with van der Waals surface area (Å²) in [5, 5.41) is 13.2. The molecule has 1 unspecified atom stereocenters. The van der Waals surface area contributed by atoms with Gasteiger partial charge in [-0.1, -0.05) is 61.5 Å². The molecule has 0 saturated heterocycles. The highest BCUT2D eigenvalue weighted by Crippen LogP contribution is 2.62. The number of carbonyl (C=O) groups excluding carboxylic acids is 1. The number of carbonyl (C=O) groups is 1. The van der Waals surface area contributed by atoms with Crippen molar-refractivity contribution in [2.24, 2.45) is 0 Å². The van der Waals surface area contributed by atoms with Gasteiger partial charge >= 0.3 is 0 Å². The molecule has 0 aliphatic heterocycles. The number of hydrogen-bond donors (Lipinski definition) is 0. The van der Waals surface area contributed by atoms with Crippen LogP contribution in [0.2, 0.25) is 0 Å². The third-order valence-corrected chi connectivity index (χ3v) is 11.3. The average Bonchev–Trinajstić information content (AvgIpc) is 2.70. The van der Waals surface area contributed by atoms with Crippen molar-refractivity contribution in [2.45, 2.75) is 24.8 Å². The lowest BCUT2D eigenvalue weighted by atomic mass is 10.4. The SMILES string of the molecule is CC(=O)[O-].CCC(Br)[P+](c1ccccc1)(c1ccccc1)c1ccccc1. The van der Waals surface area contributed by atoms with E-state index in [0.717, 1.165) is 13.3 Å². The summed E-state index contributed by atoms with van der Waals surface area (Å²) in [6, 6.07) is 33.0. The second-order valence-electron chi connectivity index (χ2n) is 6.06. The Bertz CT molecular complexity index is 722. The fourth-order valence-corrected chi connectivity index (χ4v) is 9.66. The first-order valence-corrected chi connectivity index (χ1v) is 11.7. The molecule has 0 bridgehead atoms. The molecule has 0 aromatic heterocycles. The molecule has 0 heterocycles. The minimum atomic E-state index is -1.73. The monoisotopic (exact) mass is 442 g/mol. The molecule has 4 heteroatoms. The predicted molar refractivity (Wildman–Crippen MR) is 119 cm³/mol. The van der Waals surface area contributed by atoms with Crippen LogP contribution in [0.5, 0.6) is 0 Å². The van der Waals surface area contributed by atoms with Crippen molar-refractivity contribution in [3.63, 3.8) is 0 Å². The molecule has 0 radical (unpaired) electrons. The van der Waals surface area contributed by atoms with Crippen LogP contribution in [0.4, 0.5) is 0 Å². The van der Waals surface area contributed by atoms with Crippen LogP contribution in [0.25, 0.3) is 0 Å². The number of carboxylic acid groups (broad SMARTS) is 1. The van der Waals surface area contributed by atoms with Crippen LogP contribution in [0.3, 0.4) is 0 Å². The number of benzene rings is 3. The fraction of sp³-hybridized carbons (Fsp3) is 0.174. The standard InChI is InChI=1S/C21H21BrP.C2H4O2/c1-2-21(22)23(18-12-6-3-7-13-18,19-14-8-4-9-15-19)20-16-10-5-11-17-20;1-2(3)4/h3-17,21H,2H2,1H3;1H3,(H,3,4)/q+1;/p-1. The number of carboxylic acids is 1. The Morgan fingerprint density at radius 1 is 0.815 bits per heavy atom. The third kappa shape index (κ3) is 5.06. The lowest BCUT2D eigenvalue weighted by Gasteiger charge is -2.31. The van der Waals surface area contributed by atoms with Crippen LogP contribution >= 0.6 is 23.2 Å². The van der Waals surface area contributed by atoms with Crippen molar-refractivity contribution in [2.75, 3.05) is 0 Å². The van der Waals surface area contributed by atoms with E-state index in [9.17, 15) is 0 Å². The second-order valence-corrected chi connectivity index (χ2v) is 11.5. The lowest BCUT2D eigenvalue weighted by Crippen LogP contribution is -2.36. The molecule has 0 spiro atoms. The molecular weight excluding hydrogens is 419 g/mol. The molecule has 3 aromatic rings. The summed E-state index contributed by atoms with van der Waals surface area (Å²) in [4.78, 5) is 8.89. The van der Waals surface area contributed by atoms with E-state index in [1.54, 1.807) is 0 Å². The topological polar surface area (TPSA) is 40.1 Å². The number of aliphatic carboxylic acids is 1. The second kappa shape index (κ2) is 10.4. The van der Waals surface area contributed by atoms with Gasteiger partial charge in [0, 0.05) is 5.97 Å². The number of alkyl halides is 1. The summed E-state index contributed by atoms with van der Waals surface area (Å²) in [7, 11) is -1.73. The van der Waals surface area contributed by atoms with Crippen LogP contribution < -0.4 is 21.0 Å². The van der Waals surface area contributed by atoms with Gasteiger partial charge in [-0.2, -0.15) is 0 Å². The molecule has 27 heavy (non-hydrogen) atoms. The minimum Gasteiger partial charge on any atom is -0.550 e. The summed E-state index contributed by atoms with van der Waals surface area (Å²) in [6.45, 7) is 3.24. The van der Waals surface area contributed by atoms with Crippen LogP contribution in [-0.2, 0) is 4.79 Å². The maximum absolute atomic E-state index is 8.89. The Morgan fingerprint density at radius 2 is 1.07 bits per heavy atom. The first-order valence-electron chi connectivity index (χ1n) is 8.90. The highest BCUT2D eigenvalue weighted by atomic mass is 79.9. The van der Waals surface area contributed by atoms with Gasteiger partial charge in [0.05, 0.1) is 0 Å². The summed E-state index contributed by atoms with van der Waals surface area (Å²) in [6.07, 6.45) is 1.09. The van der Waals surface area contributed by atoms with E-state index in [4.69, 9.17) is 9.90 Å². The van der Waals surface area contributed by atoms with E-state index < -0.39 is 13.2 Å². The molecule has 2 nitrogen and oxygen atoms in total. The van der Waals surface area contributed by atoms with Gasteiger partial charge in [-0.25, -0.2) is 0 Å². The van der Waals surface area contributed by atoms with E-state index in [0.29, 0.717) is 4.57 Å². The van der Waals surface area contributed by atoms with Gasteiger partial charge in [0.15, 0.2) is 0 Å². The summed E-state index contributed by atoms with van der Waals surface area (Å²) in [5.41, 5.74) is 0. The normalized spacial score (nSPS) is 11.8. The van der Waals surface area contributed by atoms with Gasteiger partial charge in [0.25, 0.3) is 0 Å². The zero-order valence-corrected chi connectivity index (χ0v) is 18.1. The van der Waals surface area contributed by atoms with Crippen LogP contribution in [0, 0.1) is 0 Å². The summed E-state index contributed by atoms with van der Waals surface area (Å²) in [5.74, 6) is -1.08. The lowest BCUT2D eigenvalue weighted by molar-refractivity contribution is -0.302. The first-order chi connectivity index (χ1) is 13.0. The molecule has 1 atom stereocenters. The molecule has 0 saturated carbocycles. The summed E-state index contributed by atoms with van der Waals surface area (Å²) < 4.78 is 0.419. The highest BCUT2D eigenvalue weighted by Gasteiger charge is 2.50. The van der Waals surface area contributed by atoms with Crippen molar-refractivity contribution in [1.82, 2.24) is 0 Å². The van der Waals surface area contributed by atoms with Crippen molar-refractivity contribution in [3.8, 4) is 0 Å². The first kappa shape index (κ1) is 21.3. The average molecular weight is 443 g/mol. The van der Waals surface area contributed by atoms with E-state index >= 15 is 0 Å². The van der Waals surface area contributed by atoms with Gasteiger partial charge in [-0.15, -0.1) is 0 Å². The molecule has 0 amide bonds. The smallest absolute Gasteiger partial charge is 0.137 e. The van der Waals surface area contributed by atoms with Gasteiger partial charge in [0.2, 0.25) is 0 Å². The van der Waals surface area contributed by atoms with Crippen molar-refractivity contribution >= 4 is 45.1 Å². The maximum Gasteiger partial charge on any atom is 0.137 e. The Hall–Kier alpha value is -1.96.